The molecule has 0 amide bonds. The Kier molecular flexibility index (Phi) is 7.59. The van der Waals surface area contributed by atoms with Gasteiger partial charge in [-0.2, -0.15) is 0 Å². The Labute approximate surface area is 107 Å². The van der Waals surface area contributed by atoms with Crippen LogP contribution in [-0.2, 0) is 0 Å². The Hall–Kier alpha value is -0.300. The van der Waals surface area contributed by atoms with Crippen LogP contribution in [0.2, 0.25) is 0 Å². The first-order valence-corrected chi connectivity index (χ1v) is 7.56. The van der Waals surface area contributed by atoms with E-state index in [1.807, 2.05) is 6.08 Å². The van der Waals surface area contributed by atoms with E-state index in [0.29, 0.717) is 5.92 Å². The molecule has 1 heteroatoms. The number of hydrogen-bond acceptors (Lipinski definition) is 1. The van der Waals surface area contributed by atoms with Crippen molar-refractivity contribution in [3.8, 4) is 0 Å². The third-order valence-electron chi connectivity index (χ3n) is 4.35. The van der Waals surface area contributed by atoms with Crippen molar-refractivity contribution >= 4 is 0 Å². The molecular weight excluding hydrogens is 208 g/mol. The molecule has 0 bridgehead atoms. The van der Waals surface area contributed by atoms with Gasteiger partial charge in [0.15, 0.2) is 0 Å². The molecule has 1 rings (SSSR count). The summed E-state index contributed by atoms with van der Waals surface area (Å²) >= 11 is 0. The normalized spacial score (nSPS) is 26.7. The van der Waals surface area contributed by atoms with Gasteiger partial charge in [0.25, 0.3) is 0 Å². The van der Waals surface area contributed by atoms with Crippen LogP contribution < -0.4 is 0 Å². The van der Waals surface area contributed by atoms with Gasteiger partial charge < -0.3 is 5.11 Å². The van der Waals surface area contributed by atoms with Crippen molar-refractivity contribution in [1.82, 2.24) is 0 Å². The number of rotatable bonds is 8. The zero-order chi connectivity index (χ0) is 12.5. The fourth-order valence-electron chi connectivity index (χ4n) is 3.11. The van der Waals surface area contributed by atoms with Crippen LogP contribution in [0.15, 0.2) is 12.7 Å². The second-order valence-corrected chi connectivity index (χ2v) is 5.69. The summed E-state index contributed by atoms with van der Waals surface area (Å²) in [6, 6.07) is 0. The second-order valence-electron chi connectivity index (χ2n) is 5.69. The van der Waals surface area contributed by atoms with Crippen LogP contribution in [0.25, 0.3) is 0 Å². The number of unbranched alkanes of at least 4 members (excludes halogenated alkanes) is 3. The highest BCUT2D eigenvalue weighted by Gasteiger charge is 2.25. The molecule has 0 spiro atoms. The summed E-state index contributed by atoms with van der Waals surface area (Å²) in [7, 11) is 0. The van der Waals surface area contributed by atoms with Crippen LogP contribution in [0.1, 0.15) is 71.1 Å². The van der Waals surface area contributed by atoms with Gasteiger partial charge in [0.1, 0.15) is 0 Å². The van der Waals surface area contributed by atoms with E-state index in [2.05, 4.69) is 13.5 Å². The lowest BCUT2D eigenvalue weighted by Crippen LogP contribution is -2.26. The van der Waals surface area contributed by atoms with Gasteiger partial charge in [-0.1, -0.05) is 45.1 Å². The first kappa shape index (κ1) is 14.8. The standard InChI is InChI=1S/C16H30O/c1-3-5-6-7-8-12-16(17)15-11-9-10-14(4-2)13-15/h3,14-17H,1,4-13H2,2H3. The van der Waals surface area contributed by atoms with Crippen molar-refractivity contribution in [1.29, 1.82) is 0 Å². The number of aliphatic hydroxyl groups is 1. The molecule has 0 aromatic rings. The number of hydrogen-bond donors (Lipinski definition) is 1. The molecule has 0 heterocycles. The van der Waals surface area contributed by atoms with E-state index < -0.39 is 0 Å². The largest absolute Gasteiger partial charge is 0.393 e. The second kappa shape index (κ2) is 8.74. The molecule has 0 aliphatic heterocycles. The van der Waals surface area contributed by atoms with Crippen LogP contribution in [0.5, 0.6) is 0 Å². The summed E-state index contributed by atoms with van der Waals surface area (Å²) in [6.07, 6.45) is 14.3. The number of aliphatic hydroxyl groups excluding tert-OH is 1. The molecule has 0 radical (unpaired) electrons. The van der Waals surface area contributed by atoms with E-state index in [4.69, 9.17) is 0 Å². The van der Waals surface area contributed by atoms with Gasteiger partial charge in [0.05, 0.1) is 6.10 Å². The van der Waals surface area contributed by atoms with Crippen molar-refractivity contribution in [3.63, 3.8) is 0 Å². The van der Waals surface area contributed by atoms with Gasteiger partial charge >= 0.3 is 0 Å². The summed E-state index contributed by atoms with van der Waals surface area (Å²) < 4.78 is 0. The average Bonchev–Trinajstić information content (AvgIpc) is 2.38. The fraction of sp³-hybridized carbons (Fsp3) is 0.875. The first-order valence-electron chi connectivity index (χ1n) is 7.56. The van der Waals surface area contributed by atoms with Gasteiger partial charge in [-0.25, -0.2) is 0 Å². The molecule has 3 unspecified atom stereocenters. The van der Waals surface area contributed by atoms with Crippen molar-refractivity contribution in [2.75, 3.05) is 0 Å². The van der Waals surface area contributed by atoms with E-state index in [9.17, 15) is 5.11 Å². The van der Waals surface area contributed by atoms with Gasteiger partial charge in [0.2, 0.25) is 0 Å². The highest BCUT2D eigenvalue weighted by atomic mass is 16.3. The molecule has 0 aromatic heterocycles. The number of allylic oxidation sites excluding steroid dienone is 1. The summed E-state index contributed by atoms with van der Waals surface area (Å²) in [5.74, 6) is 1.47. The molecule has 1 nitrogen and oxygen atoms in total. The molecule has 1 aliphatic carbocycles. The Bertz CT molecular complexity index is 200. The Morgan fingerprint density at radius 2 is 2.12 bits per heavy atom. The Morgan fingerprint density at radius 1 is 1.29 bits per heavy atom. The van der Waals surface area contributed by atoms with Gasteiger partial charge in [-0.3, -0.25) is 0 Å². The minimum Gasteiger partial charge on any atom is -0.393 e. The van der Waals surface area contributed by atoms with E-state index >= 15 is 0 Å². The zero-order valence-electron chi connectivity index (χ0n) is 11.5. The van der Waals surface area contributed by atoms with Crippen LogP contribution in [0, 0.1) is 11.8 Å². The lowest BCUT2D eigenvalue weighted by Gasteiger charge is -2.31. The average molecular weight is 238 g/mol. The topological polar surface area (TPSA) is 20.2 Å². The summed E-state index contributed by atoms with van der Waals surface area (Å²) in [4.78, 5) is 0. The predicted molar refractivity (Wildman–Crippen MR) is 75.0 cm³/mol. The van der Waals surface area contributed by atoms with Crippen LogP contribution in [0.4, 0.5) is 0 Å². The summed E-state index contributed by atoms with van der Waals surface area (Å²) in [5.41, 5.74) is 0. The van der Waals surface area contributed by atoms with Gasteiger partial charge in [0, 0.05) is 0 Å². The molecule has 3 atom stereocenters. The Morgan fingerprint density at radius 3 is 2.82 bits per heavy atom. The van der Waals surface area contributed by atoms with Crippen LogP contribution >= 0.6 is 0 Å². The maximum Gasteiger partial charge on any atom is 0.0568 e. The third-order valence-corrected chi connectivity index (χ3v) is 4.35. The van der Waals surface area contributed by atoms with Crippen molar-refractivity contribution in [2.24, 2.45) is 11.8 Å². The highest BCUT2D eigenvalue weighted by molar-refractivity contribution is 4.77. The van der Waals surface area contributed by atoms with E-state index in [1.54, 1.807) is 0 Å². The lowest BCUT2D eigenvalue weighted by molar-refractivity contribution is 0.0595. The third kappa shape index (κ3) is 5.72. The molecule has 0 saturated heterocycles. The van der Waals surface area contributed by atoms with Gasteiger partial charge in [-0.05, 0) is 43.9 Å². The smallest absolute Gasteiger partial charge is 0.0568 e. The maximum absolute atomic E-state index is 10.2. The fourth-order valence-corrected chi connectivity index (χ4v) is 3.11. The molecule has 1 N–H and O–H groups in total. The van der Waals surface area contributed by atoms with E-state index in [0.717, 1.165) is 18.8 Å². The minimum absolute atomic E-state index is 0.0342. The van der Waals surface area contributed by atoms with Crippen LogP contribution in [-0.4, -0.2) is 11.2 Å². The van der Waals surface area contributed by atoms with Gasteiger partial charge in [-0.15, -0.1) is 6.58 Å². The first-order chi connectivity index (χ1) is 8.27. The lowest BCUT2D eigenvalue weighted by atomic mass is 9.77. The van der Waals surface area contributed by atoms with E-state index in [-0.39, 0.29) is 6.10 Å². The molecule has 1 saturated carbocycles. The van der Waals surface area contributed by atoms with Crippen molar-refractivity contribution in [3.05, 3.63) is 12.7 Å². The molecular formula is C16H30O. The Balaban J connectivity index is 2.13. The molecule has 1 aliphatic rings. The summed E-state index contributed by atoms with van der Waals surface area (Å²) in [5, 5.41) is 10.2. The van der Waals surface area contributed by atoms with E-state index in [1.165, 1.54) is 51.4 Å². The SMILES string of the molecule is C=CCCCCCC(O)C1CCCC(CC)C1. The van der Waals surface area contributed by atoms with Crippen LogP contribution in [0.3, 0.4) is 0 Å². The molecule has 17 heavy (non-hydrogen) atoms. The maximum atomic E-state index is 10.2. The summed E-state index contributed by atoms with van der Waals surface area (Å²) in [6.45, 7) is 6.02. The monoisotopic (exact) mass is 238 g/mol. The predicted octanol–water partition coefficient (Wildman–Crippen LogP) is 4.70. The molecule has 100 valence electrons. The zero-order valence-corrected chi connectivity index (χ0v) is 11.5. The highest BCUT2D eigenvalue weighted by Crippen LogP contribution is 2.34. The molecule has 1 fully saturated rings. The molecule has 0 aromatic carbocycles. The van der Waals surface area contributed by atoms with Crippen molar-refractivity contribution in [2.45, 2.75) is 77.2 Å². The minimum atomic E-state index is -0.0342. The quantitative estimate of drug-likeness (QED) is 0.480. The van der Waals surface area contributed by atoms with Crippen molar-refractivity contribution < 1.29 is 5.11 Å².